The molecule has 0 amide bonds. The number of carbonyl (C=O) groups excluding carboxylic acids is 3. The molecule has 0 bridgehead atoms. The molecule has 206 valence electrons. The van der Waals surface area contributed by atoms with Crippen LogP contribution in [-0.4, -0.2) is 36.5 Å². The van der Waals surface area contributed by atoms with Gasteiger partial charge in [0.05, 0.1) is 12.4 Å². The summed E-state index contributed by atoms with van der Waals surface area (Å²) in [6.45, 7) is 12.4. The number of hydrogen-bond donors (Lipinski definition) is 0. The normalized spacial score (nSPS) is 43.2. The average molecular weight is 515 g/mol. The van der Waals surface area contributed by atoms with Gasteiger partial charge in [0.1, 0.15) is 18.0 Å². The van der Waals surface area contributed by atoms with Gasteiger partial charge in [-0.25, -0.2) is 0 Å². The summed E-state index contributed by atoms with van der Waals surface area (Å²) in [6.07, 6.45) is 8.83. The van der Waals surface area contributed by atoms with Crippen LogP contribution in [0.25, 0.3) is 0 Å². The minimum absolute atomic E-state index is 0.0406. The van der Waals surface area contributed by atoms with E-state index in [1.54, 1.807) is 0 Å². The second kappa shape index (κ2) is 9.72. The van der Waals surface area contributed by atoms with E-state index >= 15 is 0 Å². The lowest BCUT2D eigenvalue weighted by molar-refractivity contribution is -0.165. The number of Topliss-reactive ketones (excluding diaryl/α,β-unsaturated/α-hetero) is 1. The van der Waals surface area contributed by atoms with Gasteiger partial charge in [-0.2, -0.15) is 0 Å². The number of allylic oxidation sites excluding steroid dienone is 1. The molecule has 0 aromatic carbocycles. The summed E-state index contributed by atoms with van der Waals surface area (Å²) in [7, 11) is 0. The van der Waals surface area contributed by atoms with Gasteiger partial charge in [-0.1, -0.05) is 20.8 Å². The molecule has 0 unspecified atom stereocenters. The van der Waals surface area contributed by atoms with Crippen LogP contribution < -0.4 is 0 Å². The molecule has 0 saturated heterocycles. The van der Waals surface area contributed by atoms with Crippen molar-refractivity contribution in [2.75, 3.05) is 6.61 Å². The largest absolute Gasteiger partial charge is 0.494 e. The van der Waals surface area contributed by atoms with Crippen molar-refractivity contribution in [3.05, 3.63) is 11.3 Å². The van der Waals surface area contributed by atoms with E-state index in [-0.39, 0.29) is 46.8 Å². The number of ether oxygens (including phenoxy) is 3. The molecular weight excluding hydrogens is 468 g/mol. The zero-order chi connectivity index (χ0) is 26.7. The molecule has 0 spiro atoms. The minimum atomic E-state index is -0.334. The van der Waals surface area contributed by atoms with E-state index in [0.717, 1.165) is 44.3 Å². The molecule has 1 aliphatic heterocycles. The highest BCUT2D eigenvalue weighted by Gasteiger charge is 2.67. The first-order chi connectivity index (χ1) is 17.4. The average Bonchev–Trinajstić information content (AvgIpc) is 3.31. The van der Waals surface area contributed by atoms with Gasteiger partial charge in [-0.15, -0.1) is 0 Å². The molecule has 4 aliphatic carbocycles. The van der Waals surface area contributed by atoms with Crippen molar-refractivity contribution in [2.24, 2.45) is 46.3 Å². The van der Waals surface area contributed by atoms with Crippen LogP contribution in [0, 0.1) is 46.3 Å². The van der Waals surface area contributed by atoms with Gasteiger partial charge >= 0.3 is 11.9 Å². The molecule has 6 heteroatoms. The molecule has 5 rings (SSSR count). The van der Waals surface area contributed by atoms with E-state index in [0.29, 0.717) is 42.5 Å². The summed E-state index contributed by atoms with van der Waals surface area (Å²) in [4.78, 5) is 36.8. The van der Waals surface area contributed by atoms with Crippen molar-refractivity contribution >= 4 is 17.7 Å². The van der Waals surface area contributed by atoms with E-state index < -0.39 is 0 Å². The maximum Gasteiger partial charge on any atom is 0.302 e. The maximum absolute atomic E-state index is 14.1. The van der Waals surface area contributed by atoms with Crippen LogP contribution in [0.5, 0.6) is 0 Å². The lowest BCUT2D eigenvalue weighted by Crippen LogP contribution is -2.57. The second-order valence-electron chi connectivity index (χ2n) is 13.5. The molecule has 10 atom stereocenters. The molecule has 4 fully saturated rings. The Morgan fingerprint density at radius 3 is 2.54 bits per heavy atom. The number of ketones is 1. The Morgan fingerprint density at radius 2 is 1.84 bits per heavy atom. The predicted molar refractivity (Wildman–Crippen MR) is 139 cm³/mol. The summed E-state index contributed by atoms with van der Waals surface area (Å²) in [5, 5.41) is 0. The topological polar surface area (TPSA) is 78.9 Å². The zero-order valence-electron chi connectivity index (χ0n) is 23.6. The molecule has 5 aliphatic rings. The van der Waals surface area contributed by atoms with Gasteiger partial charge < -0.3 is 14.2 Å². The van der Waals surface area contributed by atoms with Crippen LogP contribution in [-0.2, 0) is 28.6 Å². The van der Waals surface area contributed by atoms with E-state index in [9.17, 15) is 14.4 Å². The fourth-order valence-electron chi connectivity index (χ4n) is 9.55. The Balaban J connectivity index is 1.30. The van der Waals surface area contributed by atoms with Crippen molar-refractivity contribution in [2.45, 2.75) is 112 Å². The van der Waals surface area contributed by atoms with Gasteiger partial charge in [-0.05, 0) is 92.4 Å². The monoisotopic (exact) mass is 514 g/mol. The molecule has 0 N–H and O–H groups in total. The smallest absolute Gasteiger partial charge is 0.302 e. The summed E-state index contributed by atoms with van der Waals surface area (Å²) in [5.41, 5.74) is 1.10. The molecule has 37 heavy (non-hydrogen) atoms. The molecule has 6 nitrogen and oxygen atoms in total. The molecule has 0 radical (unpaired) electrons. The Hall–Kier alpha value is -1.85. The Morgan fingerprint density at radius 1 is 1.08 bits per heavy atom. The van der Waals surface area contributed by atoms with Crippen LogP contribution in [0.2, 0.25) is 0 Å². The third-order valence-corrected chi connectivity index (χ3v) is 11.5. The molecular formula is C31H46O6. The highest BCUT2D eigenvalue weighted by Crippen LogP contribution is 2.68. The minimum Gasteiger partial charge on any atom is -0.494 e. The van der Waals surface area contributed by atoms with Crippen molar-refractivity contribution in [3.8, 4) is 0 Å². The van der Waals surface area contributed by atoms with Crippen LogP contribution in [0.15, 0.2) is 11.3 Å². The fourth-order valence-corrected chi connectivity index (χ4v) is 9.55. The standard InChI is InChI=1S/C31H46O6/c1-17(16-35-19(3)32)7-10-26-18(2)29-27(37-26)14-25-23-9-8-21-13-22(36-20(4)33)11-12-30(21,5)24(23)15-28(34)31(25,29)6/h17,21-25,27,29H,7-16H2,1-6H3/t17-,21+,22+,23+,24-,25-,27-,29-,30+,31-/m1/s1. The van der Waals surface area contributed by atoms with E-state index in [1.807, 2.05) is 0 Å². The summed E-state index contributed by atoms with van der Waals surface area (Å²) < 4.78 is 17.4. The Bertz CT molecular complexity index is 984. The second-order valence-corrected chi connectivity index (χ2v) is 13.5. The molecule has 0 aromatic heterocycles. The highest BCUT2D eigenvalue weighted by molar-refractivity contribution is 5.87. The van der Waals surface area contributed by atoms with E-state index in [1.165, 1.54) is 32.3 Å². The first-order valence-corrected chi connectivity index (χ1v) is 14.6. The zero-order valence-corrected chi connectivity index (χ0v) is 23.6. The third kappa shape index (κ3) is 4.44. The Kier molecular flexibility index (Phi) is 7.02. The van der Waals surface area contributed by atoms with Crippen LogP contribution in [0.3, 0.4) is 0 Å². The van der Waals surface area contributed by atoms with Crippen LogP contribution >= 0.6 is 0 Å². The lowest BCUT2D eigenvalue weighted by atomic mass is 9.44. The first-order valence-electron chi connectivity index (χ1n) is 14.6. The fraction of sp³-hybridized carbons (Fsp3) is 0.839. The number of rotatable bonds is 6. The van der Waals surface area contributed by atoms with E-state index in [4.69, 9.17) is 14.2 Å². The number of carbonyl (C=O) groups is 3. The lowest BCUT2D eigenvalue weighted by Gasteiger charge is -2.60. The number of esters is 2. The number of fused-ring (bicyclic) bond motifs is 7. The Labute approximate surface area is 222 Å². The van der Waals surface area contributed by atoms with Crippen molar-refractivity contribution in [3.63, 3.8) is 0 Å². The summed E-state index contributed by atoms with van der Waals surface area (Å²) in [5.74, 6) is 3.49. The van der Waals surface area contributed by atoms with Crippen LogP contribution in [0.4, 0.5) is 0 Å². The predicted octanol–water partition coefficient (Wildman–Crippen LogP) is 6.02. The van der Waals surface area contributed by atoms with Gasteiger partial charge in [0.15, 0.2) is 0 Å². The van der Waals surface area contributed by atoms with Gasteiger partial charge in [0.25, 0.3) is 0 Å². The van der Waals surface area contributed by atoms with E-state index in [2.05, 4.69) is 27.7 Å². The van der Waals surface area contributed by atoms with Crippen LogP contribution in [0.1, 0.15) is 99.3 Å². The summed E-state index contributed by atoms with van der Waals surface area (Å²) >= 11 is 0. The van der Waals surface area contributed by atoms with Crippen molar-refractivity contribution < 1.29 is 28.6 Å². The molecule has 4 saturated carbocycles. The SMILES string of the molecule is CC(=O)OC[C@H](C)CCC1=C(C)[C@@H]2[C@@H](C[C@@H]3[C@H]4CC[C@H]5C[C@@H](OC(C)=O)CC[C@]5(C)[C@@H]4CC(=O)[C@@]32C)O1. The van der Waals surface area contributed by atoms with Gasteiger partial charge in [-0.3, -0.25) is 14.4 Å². The first kappa shape index (κ1) is 26.7. The van der Waals surface area contributed by atoms with Crippen molar-refractivity contribution in [1.29, 1.82) is 0 Å². The van der Waals surface area contributed by atoms with Gasteiger partial charge in [0.2, 0.25) is 0 Å². The molecule has 0 aromatic rings. The summed E-state index contributed by atoms with van der Waals surface area (Å²) in [6, 6.07) is 0. The number of hydrogen-bond acceptors (Lipinski definition) is 6. The maximum atomic E-state index is 14.1. The quantitative estimate of drug-likeness (QED) is 0.404. The van der Waals surface area contributed by atoms with Crippen molar-refractivity contribution in [1.82, 2.24) is 0 Å². The molecule has 1 heterocycles. The third-order valence-electron chi connectivity index (χ3n) is 11.5. The van der Waals surface area contributed by atoms with Gasteiger partial charge in [0, 0.05) is 38.0 Å². The highest BCUT2D eigenvalue weighted by atomic mass is 16.5.